The molecular formula is C12H22N2O2. The van der Waals surface area contributed by atoms with Crippen LogP contribution in [0.15, 0.2) is 12.7 Å². The molecule has 0 aromatic rings. The summed E-state index contributed by atoms with van der Waals surface area (Å²) in [6.45, 7) is 6.51. The maximum absolute atomic E-state index is 11.9. The zero-order chi connectivity index (χ0) is 11.8. The summed E-state index contributed by atoms with van der Waals surface area (Å²) in [6, 6.07) is 0.00178. The summed E-state index contributed by atoms with van der Waals surface area (Å²) >= 11 is 0. The zero-order valence-electron chi connectivity index (χ0n) is 10.1. The fraction of sp³-hybridized carbons (Fsp3) is 0.750. The number of hydrogen-bond acceptors (Lipinski definition) is 3. The second-order valence-corrected chi connectivity index (χ2v) is 4.00. The van der Waals surface area contributed by atoms with Gasteiger partial charge in [-0.25, -0.2) is 0 Å². The van der Waals surface area contributed by atoms with Gasteiger partial charge in [0, 0.05) is 13.1 Å². The number of piperidine rings is 1. The Kier molecular flexibility index (Phi) is 6.11. The molecule has 0 spiro atoms. The first-order valence-electron chi connectivity index (χ1n) is 5.94. The molecular weight excluding hydrogens is 204 g/mol. The van der Waals surface area contributed by atoms with E-state index in [0.717, 1.165) is 25.8 Å². The van der Waals surface area contributed by atoms with Crippen LogP contribution in [0.25, 0.3) is 0 Å². The molecule has 1 unspecified atom stereocenters. The summed E-state index contributed by atoms with van der Waals surface area (Å²) in [6.07, 6.45) is 4.73. The molecule has 1 N–H and O–H groups in total. The molecule has 1 saturated heterocycles. The van der Waals surface area contributed by atoms with Gasteiger partial charge in [-0.15, -0.1) is 6.58 Å². The average Bonchev–Trinajstić information content (AvgIpc) is 2.31. The molecule has 0 radical (unpaired) electrons. The van der Waals surface area contributed by atoms with Crippen LogP contribution in [0.2, 0.25) is 0 Å². The number of carbonyl (C=O) groups excluding carboxylic acids is 1. The highest BCUT2D eigenvalue weighted by Gasteiger charge is 2.26. The van der Waals surface area contributed by atoms with Gasteiger partial charge in [0.25, 0.3) is 0 Å². The van der Waals surface area contributed by atoms with E-state index in [4.69, 9.17) is 4.74 Å². The summed E-state index contributed by atoms with van der Waals surface area (Å²) in [7, 11) is 1.84. The smallest absolute Gasteiger partial charge is 0.239 e. The standard InChI is InChI=1S/C12H22N2O2/c1-3-4-9-16-10-8-14-7-5-6-11(13-2)12(14)15/h3,11,13H,1,4-10H2,2H3. The van der Waals surface area contributed by atoms with Gasteiger partial charge in [0.15, 0.2) is 0 Å². The lowest BCUT2D eigenvalue weighted by atomic mass is 10.1. The van der Waals surface area contributed by atoms with Crippen molar-refractivity contribution in [3.05, 3.63) is 12.7 Å². The molecule has 0 aromatic carbocycles. The number of nitrogens with one attached hydrogen (secondary N) is 1. The molecule has 0 saturated carbocycles. The van der Waals surface area contributed by atoms with Crippen molar-refractivity contribution in [2.45, 2.75) is 25.3 Å². The molecule has 1 heterocycles. The quantitative estimate of drug-likeness (QED) is 0.515. The third-order valence-corrected chi connectivity index (χ3v) is 2.85. The van der Waals surface area contributed by atoms with Gasteiger partial charge >= 0.3 is 0 Å². The van der Waals surface area contributed by atoms with Gasteiger partial charge in [-0.1, -0.05) is 6.08 Å². The average molecular weight is 226 g/mol. The monoisotopic (exact) mass is 226 g/mol. The van der Waals surface area contributed by atoms with Crippen molar-refractivity contribution in [1.82, 2.24) is 10.2 Å². The van der Waals surface area contributed by atoms with Gasteiger partial charge in [-0.3, -0.25) is 4.79 Å². The minimum Gasteiger partial charge on any atom is -0.379 e. The normalized spacial score (nSPS) is 21.2. The summed E-state index contributed by atoms with van der Waals surface area (Å²) in [4.78, 5) is 13.8. The Morgan fingerprint density at radius 3 is 3.12 bits per heavy atom. The first kappa shape index (κ1) is 13.2. The number of carbonyl (C=O) groups is 1. The van der Waals surface area contributed by atoms with E-state index in [1.165, 1.54) is 0 Å². The number of likely N-dealkylation sites (tertiary alicyclic amines) is 1. The number of nitrogens with zero attached hydrogens (tertiary/aromatic N) is 1. The van der Waals surface area contributed by atoms with E-state index in [1.807, 2.05) is 18.0 Å². The van der Waals surface area contributed by atoms with Gasteiger partial charge in [-0.05, 0) is 26.3 Å². The lowest BCUT2D eigenvalue weighted by Crippen LogP contribution is -2.50. The third kappa shape index (κ3) is 3.94. The first-order chi connectivity index (χ1) is 7.79. The molecule has 0 aliphatic carbocycles. The van der Waals surface area contributed by atoms with E-state index < -0.39 is 0 Å². The predicted octanol–water partition coefficient (Wildman–Crippen LogP) is 0.790. The Bertz CT molecular complexity index is 231. The van der Waals surface area contributed by atoms with Crippen molar-refractivity contribution in [2.24, 2.45) is 0 Å². The van der Waals surface area contributed by atoms with Gasteiger partial charge in [-0.2, -0.15) is 0 Å². The van der Waals surface area contributed by atoms with E-state index in [0.29, 0.717) is 19.8 Å². The van der Waals surface area contributed by atoms with Crippen molar-refractivity contribution in [2.75, 3.05) is 33.4 Å². The molecule has 1 amide bonds. The highest BCUT2D eigenvalue weighted by molar-refractivity contribution is 5.82. The molecule has 16 heavy (non-hydrogen) atoms. The van der Waals surface area contributed by atoms with Crippen molar-refractivity contribution >= 4 is 5.91 Å². The molecule has 1 aliphatic heterocycles. The SMILES string of the molecule is C=CCCOCCN1CCCC(NC)C1=O. The topological polar surface area (TPSA) is 41.6 Å². The van der Waals surface area contributed by atoms with Crippen molar-refractivity contribution in [3.63, 3.8) is 0 Å². The molecule has 0 bridgehead atoms. The fourth-order valence-corrected chi connectivity index (χ4v) is 1.87. The van der Waals surface area contributed by atoms with Crippen LogP contribution in [0.1, 0.15) is 19.3 Å². The lowest BCUT2D eigenvalue weighted by Gasteiger charge is -2.31. The summed E-state index contributed by atoms with van der Waals surface area (Å²) in [5, 5.41) is 3.05. The van der Waals surface area contributed by atoms with Crippen LogP contribution in [0.3, 0.4) is 0 Å². The molecule has 92 valence electrons. The minimum atomic E-state index is 0.00178. The first-order valence-corrected chi connectivity index (χ1v) is 5.94. The van der Waals surface area contributed by atoms with Gasteiger partial charge in [0.05, 0.1) is 19.3 Å². The second-order valence-electron chi connectivity index (χ2n) is 4.00. The molecule has 1 atom stereocenters. The Hall–Kier alpha value is -0.870. The molecule has 1 aliphatic rings. The predicted molar refractivity (Wildman–Crippen MR) is 64.3 cm³/mol. The molecule has 4 nitrogen and oxygen atoms in total. The molecule has 1 fully saturated rings. The Morgan fingerprint density at radius 1 is 1.62 bits per heavy atom. The molecule has 4 heteroatoms. The van der Waals surface area contributed by atoms with Crippen LogP contribution < -0.4 is 5.32 Å². The minimum absolute atomic E-state index is 0.00178. The van der Waals surface area contributed by atoms with E-state index in [2.05, 4.69) is 11.9 Å². The van der Waals surface area contributed by atoms with Crippen LogP contribution in [0.5, 0.6) is 0 Å². The van der Waals surface area contributed by atoms with Crippen LogP contribution in [0.4, 0.5) is 0 Å². The number of likely N-dealkylation sites (N-methyl/N-ethyl adjacent to an activating group) is 1. The van der Waals surface area contributed by atoms with Crippen LogP contribution in [-0.2, 0) is 9.53 Å². The second kappa shape index (κ2) is 7.41. The molecule has 1 rings (SSSR count). The largest absolute Gasteiger partial charge is 0.379 e. The van der Waals surface area contributed by atoms with Crippen molar-refractivity contribution in [1.29, 1.82) is 0 Å². The highest BCUT2D eigenvalue weighted by Crippen LogP contribution is 2.10. The highest BCUT2D eigenvalue weighted by atomic mass is 16.5. The fourth-order valence-electron chi connectivity index (χ4n) is 1.87. The number of hydrogen-bond donors (Lipinski definition) is 1. The van der Waals surface area contributed by atoms with E-state index in [1.54, 1.807) is 0 Å². The maximum Gasteiger partial charge on any atom is 0.239 e. The van der Waals surface area contributed by atoms with Crippen molar-refractivity contribution < 1.29 is 9.53 Å². The number of ether oxygens (including phenoxy) is 1. The molecule has 0 aromatic heterocycles. The maximum atomic E-state index is 11.9. The Labute approximate surface area is 97.6 Å². The number of amides is 1. The summed E-state index contributed by atoms with van der Waals surface area (Å²) in [5.74, 6) is 0.209. The summed E-state index contributed by atoms with van der Waals surface area (Å²) in [5.41, 5.74) is 0. The Morgan fingerprint density at radius 2 is 2.44 bits per heavy atom. The van der Waals surface area contributed by atoms with Crippen molar-refractivity contribution in [3.8, 4) is 0 Å². The van der Waals surface area contributed by atoms with E-state index >= 15 is 0 Å². The Balaban J connectivity index is 2.20. The number of rotatable bonds is 7. The van der Waals surface area contributed by atoms with Crippen LogP contribution in [0, 0.1) is 0 Å². The van der Waals surface area contributed by atoms with Gasteiger partial charge < -0.3 is 15.0 Å². The lowest BCUT2D eigenvalue weighted by molar-refractivity contribution is -0.136. The van der Waals surface area contributed by atoms with Gasteiger partial charge in [0.2, 0.25) is 5.91 Å². The summed E-state index contributed by atoms with van der Waals surface area (Å²) < 4.78 is 5.41. The van der Waals surface area contributed by atoms with E-state index in [9.17, 15) is 4.79 Å². The van der Waals surface area contributed by atoms with E-state index in [-0.39, 0.29) is 11.9 Å². The van der Waals surface area contributed by atoms with Gasteiger partial charge in [0.1, 0.15) is 0 Å². The van der Waals surface area contributed by atoms with Crippen LogP contribution >= 0.6 is 0 Å². The third-order valence-electron chi connectivity index (χ3n) is 2.85. The zero-order valence-corrected chi connectivity index (χ0v) is 10.1. The van der Waals surface area contributed by atoms with Crippen LogP contribution in [-0.4, -0.2) is 50.2 Å².